The van der Waals surface area contributed by atoms with Crippen molar-refractivity contribution < 1.29 is 5.21 Å². The van der Waals surface area contributed by atoms with Crippen molar-refractivity contribution in [2.24, 2.45) is 0 Å². The van der Waals surface area contributed by atoms with Gasteiger partial charge in [0.2, 0.25) is 0 Å². The third-order valence-corrected chi connectivity index (χ3v) is 0.903. The van der Waals surface area contributed by atoms with E-state index in [2.05, 4.69) is 0 Å². The molecule has 0 aliphatic heterocycles. The Morgan fingerprint density at radius 2 is 1.67 bits per heavy atom. The van der Waals surface area contributed by atoms with Gasteiger partial charge in [0, 0.05) is 0 Å². The molecule has 44 valence electrons. The van der Waals surface area contributed by atoms with Crippen molar-refractivity contribution in [1.82, 2.24) is 0 Å². The van der Waals surface area contributed by atoms with Gasteiger partial charge in [-0.3, -0.25) is 10.7 Å². The molecule has 0 atom stereocenters. The van der Waals surface area contributed by atoms with Crippen LogP contribution in [0.3, 0.4) is 0 Å². The minimum absolute atomic E-state index is 0. The molecule has 0 aliphatic carbocycles. The van der Waals surface area contributed by atoms with E-state index in [0.29, 0.717) is 5.69 Å². The summed E-state index contributed by atoms with van der Waals surface area (Å²) in [6, 6.07) is 9.14. The van der Waals surface area contributed by atoms with Crippen LogP contribution in [0.5, 0.6) is 0 Å². The molecule has 0 aromatic heterocycles. The Balaban J connectivity index is 0.000000640. The Bertz CT molecular complexity index is 154. The van der Waals surface area contributed by atoms with Gasteiger partial charge in [0.05, 0.1) is 5.69 Å². The van der Waals surface area contributed by atoms with Gasteiger partial charge in [0.15, 0.2) is 0 Å². The molecule has 1 aromatic rings. The molecule has 3 heteroatoms. The minimum atomic E-state index is 0. The molecule has 0 saturated heterocycles. The van der Waals surface area contributed by atoms with Crippen LogP contribution in [-0.4, -0.2) is 24.1 Å². The molecule has 2 N–H and O–H groups in total. The molecular formula is C6H8LiNO. The predicted octanol–water partition coefficient (Wildman–Crippen LogP) is 0.839. The third kappa shape index (κ3) is 2.57. The van der Waals surface area contributed by atoms with Gasteiger partial charge in [0.1, 0.15) is 0 Å². The fraction of sp³-hybridized carbons (Fsp3) is 0. The average Bonchev–Trinajstić information content (AvgIpc) is 1.90. The van der Waals surface area contributed by atoms with Crippen molar-refractivity contribution in [2.45, 2.75) is 0 Å². The fourth-order valence-electron chi connectivity index (χ4n) is 0.513. The molecule has 2 nitrogen and oxygen atoms in total. The van der Waals surface area contributed by atoms with E-state index in [-0.39, 0.29) is 18.9 Å². The summed E-state index contributed by atoms with van der Waals surface area (Å²) in [4.78, 5) is 0. The Morgan fingerprint density at radius 1 is 1.11 bits per heavy atom. The maximum absolute atomic E-state index is 8.29. The fourth-order valence-corrected chi connectivity index (χ4v) is 0.513. The van der Waals surface area contributed by atoms with Crippen LogP contribution in [0.15, 0.2) is 30.3 Å². The first-order valence-electron chi connectivity index (χ1n) is 2.38. The summed E-state index contributed by atoms with van der Waals surface area (Å²) in [5.74, 6) is 0. The molecule has 0 amide bonds. The number of hydrogen-bond acceptors (Lipinski definition) is 2. The number of nitrogens with one attached hydrogen (secondary N) is 1. The summed E-state index contributed by atoms with van der Waals surface area (Å²) < 4.78 is 0. The van der Waals surface area contributed by atoms with Gasteiger partial charge < -0.3 is 0 Å². The summed E-state index contributed by atoms with van der Waals surface area (Å²) in [6.07, 6.45) is 0. The Kier molecular flexibility index (Phi) is 4.25. The van der Waals surface area contributed by atoms with Gasteiger partial charge in [-0.05, 0) is 12.1 Å². The standard InChI is InChI=1S/C6H7NO.Li.H/c8-7-6-4-2-1-3-5-6;;/h1-5,7-8H;;. The summed E-state index contributed by atoms with van der Waals surface area (Å²) in [5.41, 5.74) is 2.74. The van der Waals surface area contributed by atoms with E-state index >= 15 is 0 Å². The van der Waals surface area contributed by atoms with Crippen LogP contribution in [-0.2, 0) is 0 Å². The summed E-state index contributed by atoms with van der Waals surface area (Å²) in [5, 5.41) is 8.29. The molecule has 0 bridgehead atoms. The first kappa shape index (κ1) is 8.58. The van der Waals surface area contributed by atoms with Crippen LogP contribution in [0.1, 0.15) is 0 Å². The summed E-state index contributed by atoms with van der Waals surface area (Å²) in [7, 11) is 0. The molecule has 1 rings (SSSR count). The molecule has 0 heterocycles. The van der Waals surface area contributed by atoms with Gasteiger partial charge in [-0.25, -0.2) is 0 Å². The van der Waals surface area contributed by atoms with Crippen molar-refractivity contribution in [1.29, 1.82) is 0 Å². The molecule has 1 aromatic carbocycles. The Labute approximate surface area is 66.0 Å². The van der Waals surface area contributed by atoms with Crippen LogP contribution in [0.2, 0.25) is 0 Å². The van der Waals surface area contributed by atoms with Crippen molar-refractivity contribution in [3.63, 3.8) is 0 Å². The second kappa shape index (κ2) is 4.46. The number of rotatable bonds is 1. The zero-order chi connectivity index (χ0) is 5.82. The van der Waals surface area contributed by atoms with E-state index in [1.54, 1.807) is 12.1 Å². The third-order valence-electron chi connectivity index (χ3n) is 0.903. The summed E-state index contributed by atoms with van der Waals surface area (Å²) in [6.45, 7) is 0. The van der Waals surface area contributed by atoms with Crippen molar-refractivity contribution in [3.05, 3.63) is 30.3 Å². The molecule has 0 fully saturated rings. The maximum atomic E-state index is 8.29. The van der Waals surface area contributed by atoms with E-state index in [1.807, 2.05) is 23.7 Å². The molecule has 9 heavy (non-hydrogen) atoms. The number of anilines is 1. The Morgan fingerprint density at radius 3 is 2.00 bits per heavy atom. The monoisotopic (exact) mass is 117 g/mol. The van der Waals surface area contributed by atoms with Gasteiger partial charge in [0.25, 0.3) is 0 Å². The second-order valence-corrected chi connectivity index (χ2v) is 1.48. The quantitative estimate of drug-likeness (QED) is 0.422. The van der Waals surface area contributed by atoms with Crippen LogP contribution in [0.4, 0.5) is 5.69 Å². The zero-order valence-corrected chi connectivity index (χ0v) is 4.33. The van der Waals surface area contributed by atoms with E-state index in [0.717, 1.165) is 0 Å². The second-order valence-electron chi connectivity index (χ2n) is 1.48. The van der Waals surface area contributed by atoms with Crippen LogP contribution >= 0.6 is 0 Å². The average molecular weight is 117 g/mol. The first-order chi connectivity index (χ1) is 3.93. The molecular weight excluding hydrogens is 109 g/mol. The van der Waals surface area contributed by atoms with E-state index in [4.69, 9.17) is 5.21 Å². The van der Waals surface area contributed by atoms with E-state index < -0.39 is 0 Å². The first-order valence-corrected chi connectivity index (χ1v) is 2.38. The van der Waals surface area contributed by atoms with Crippen molar-refractivity contribution in [3.8, 4) is 0 Å². The normalized spacial score (nSPS) is 7.67. The number of benzene rings is 1. The molecule has 0 saturated carbocycles. The Hall–Kier alpha value is -0.423. The van der Waals surface area contributed by atoms with E-state index in [1.165, 1.54) is 0 Å². The van der Waals surface area contributed by atoms with Gasteiger partial charge in [-0.15, -0.1) is 0 Å². The molecule has 0 radical (unpaired) electrons. The van der Waals surface area contributed by atoms with Gasteiger partial charge in [-0.1, -0.05) is 18.2 Å². The van der Waals surface area contributed by atoms with Crippen LogP contribution in [0.25, 0.3) is 0 Å². The van der Waals surface area contributed by atoms with Crippen LogP contribution < -0.4 is 5.48 Å². The SMILES string of the molecule is ONc1ccccc1.[LiH]. The van der Waals surface area contributed by atoms with E-state index in [9.17, 15) is 0 Å². The van der Waals surface area contributed by atoms with Gasteiger partial charge in [-0.2, -0.15) is 0 Å². The van der Waals surface area contributed by atoms with Gasteiger partial charge >= 0.3 is 18.9 Å². The topological polar surface area (TPSA) is 32.3 Å². The molecule has 0 aliphatic rings. The van der Waals surface area contributed by atoms with Crippen molar-refractivity contribution >= 4 is 24.5 Å². The van der Waals surface area contributed by atoms with Crippen LogP contribution in [0, 0.1) is 0 Å². The molecule has 0 spiro atoms. The zero-order valence-electron chi connectivity index (χ0n) is 4.33. The number of hydrogen-bond donors (Lipinski definition) is 2. The van der Waals surface area contributed by atoms with Crippen molar-refractivity contribution in [2.75, 3.05) is 5.48 Å². The number of para-hydroxylation sites is 1. The predicted molar refractivity (Wildman–Crippen MR) is 39.0 cm³/mol. The molecule has 0 unspecified atom stereocenters. The summed E-state index contributed by atoms with van der Waals surface area (Å²) >= 11 is 0.